The van der Waals surface area contributed by atoms with Gasteiger partial charge in [-0.1, -0.05) is 19.9 Å². The second kappa shape index (κ2) is 4.28. The van der Waals surface area contributed by atoms with Crippen LogP contribution in [0.2, 0.25) is 0 Å². The molecule has 10 atom stereocenters. The van der Waals surface area contributed by atoms with E-state index in [4.69, 9.17) is 9.47 Å². The van der Waals surface area contributed by atoms with Crippen molar-refractivity contribution in [2.24, 2.45) is 34.0 Å². The van der Waals surface area contributed by atoms with Crippen molar-refractivity contribution >= 4 is 5.78 Å². The van der Waals surface area contributed by atoms with Gasteiger partial charge in [0.1, 0.15) is 11.5 Å². The average molecular weight is 362 g/mol. The Morgan fingerprint density at radius 2 is 1.96 bits per heavy atom. The maximum Gasteiger partial charge on any atom is 0.211 e. The Labute approximate surface area is 152 Å². The minimum absolute atomic E-state index is 0.192. The quantitative estimate of drug-likeness (QED) is 0.550. The molecule has 0 aromatic rings. The summed E-state index contributed by atoms with van der Waals surface area (Å²) in [6.45, 7) is 6.53. The summed E-state index contributed by atoms with van der Waals surface area (Å²) in [6, 6.07) is 0. The van der Waals surface area contributed by atoms with Crippen LogP contribution in [-0.2, 0) is 14.3 Å². The Balaban J connectivity index is 1.67. The Bertz CT molecular complexity index is 751. The van der Waals surface area contributed by atoms with E-state index in [0.717, 1.165) is 25.7 Å². The van der Waals surface area contributed by atoms with Gasteiger partial charge in [0.2, 0.25) is 5.79 Å². The summed E-state index contributed by atoms with van der Waals surface area (Å²) in [7, 11) is 0. The van der Waals surface area contributed by atoms with Crippen LogP contribution in [0.15, 0.2) is 12.2 Å². The molecule has 3 heterocycles. The van der Waals surface area contributed by atoms with Gasteiger partial charge in [-0.15, -0.1) is 0 Å². The zero-order chi connectivity index (χ0) is 18.3. The van der Waals surface area contributed by atoms with Gasteiger partial charge in [0.25, 0.3) is 0 Å². The van der Waals surface area contributed by atoms with Crippen LogP contribution < -0.4 is 0 Å². The molecule has 4 saturated carbocycles. The van der Waals surface area contributed by atoms with Gasteiger partial charge in [-0.25, -0.2) is 0 Å². The van der Waals surface area contributed by atoms with Gasteiger partial charge in [0.15, 0.2) is 12.1 Å². The fourth-order valence-corrected chi connectivity index (χ4v) is 8.44. The van der Waals surface area contributed by atoms with Crippen LogP contribution in [0.4, 0.5) is 0 Å². The molecule has 0 unspecified atom stereocenters. The minimum atomic E-state index is -2.12. The van der Waals surface area contributed by atoms with E-state index in [9.17, 15) is 20.1 Å². The first-order valence-corrected chi connectivity index (χ1v) is 9.87. The number of carbonyl (C=O) groups is 1. The maximum atomic E-state index is 13.4. The summed E-state index contributed by atoms with van der Waals surface area (Å²) in [5, 5.41) is 34.3. The van der Waals surface area contributed by atoms with Crippen LogP contribution in [0.25, 0.3) is 0 Å². The van der Waals surface area contributed by atoms with Crippen molar-refractivity contribution in [2.45, 2.75) is 63.3 Å². The minimum Gasteiger partial charge on any atom is -0.391 e. The van der Waals surface area contributed by atoms with E-state index in [1.54, 1.807) is 0 Å². The van der Waals surface area contributed by atoms with Gasteiger partial charge in [-0.3, -0.25) is 4.79 Å². The summed E-state index contributed by atoms with van der Waals surface area (Å²) in [5.74, 6) is -3.25. The molecule has 2 spiro atoms. The van der Waals surface area contributed by atoms with Crippen LogP contribution in [0, 0.1) is 34.0 Å². The van der Waals surface area contributed by atoms with Gasteiger partial charge in [0.05, 0.1) is 12.7 Å². The maximum absolute atomic E-state index is 13.4. The van der Waals surface area contributed by atoms with Crippen molar-refractivity contribution in [2.75, 3.05) is 6.61 Å². The summed E-state index contributed by atoms with van der Waals surface area (Å²) >= 11 is 0. The number of Topliss-reactive ketones (excluding diaryl/α,β-unsaturated/α-hetero) is 1. The van der Waals surface area contributed by atoms with Crippen LogP contribution in [0.5, 0.6) is 0 Å². The standard InChI is InChI=1S/C20H26O6/c1-9-10-4-5-11-18-7-3-6-17(2)8-25-16(18)26-20(24,15(23)12(17)18)19(11,13(9)21)14(10)22/h10-12,14-16,22-24H,1,3-8H2,2H3/t10-,11-,12+,14+,15-,16+,17-,18+,19-,20-/m0/s1. The Hall–Kier alpha value is -0.790. The lowest BCUT2D eigenvalue weighted by atomic mass is 9.35. The number of hydrogen-bond acceptors (Lipinski definition) is 6. The highest BCUT2D eigenvalue weighted by Gasteiger charge is 2.88. The third kappa shape index (κ3) is 1.24. The first-order valence-electron chi connectivity index (χ1n) is 9.87. The third-order valence-electron chi connectivity index (χ3n) is 9.21. The molecular formula is C20H26O6. The molecule has 7 bridgehead atoms. The average Bonchev–Trinajstić information content (AvgIpc) is 2.70. The number of aliphatic hydroxyl groups is 3. The third-order valence-corrected chi connectivity index (χ3v) is 9.21. The summed E-state index contributed by atoms with van der Waals surface area (Å²) in [4.78, 5) is 13.4. The van der Waals surface area contributed by atoms with E-state index in [1.165, 1.54) is 0 Å². The Kier molecular flexibility index (Phi) is 2.66. The number of carbonyl (C=O) groups excluding carboxylic acids is 1. The SMILES string of the molecule is C=C1C(=O)[C@]23[C@H](O)[C@H]1CC[C@H]2[C@@]12CCC[C@@]4(C)CO[C@@H]1O[C@@]3(O)[C@@H](O)[C@H]42. The number of ether oxygens (including phenoxy) is 2. The second-order valence-corrected chi connectivity index (χ2v) is 9.90. The van der Waals surface area contributed by atoms with Gasteiger partial charge in [-0.05, 0) is 42.6 Å². The fourth-order valence-electron chi connectivity index (χ4n) is 8.44. The van der Waals surface area contributed by atoms with Crippen molar-refractivity contribution in [3.8, 4) is 0 Å². The molecule has 7 rings (SSSR count). The molecule has 6 nitrogen and oxygen atoms in total. The number of hydrogen-bond donors (Lipinski definition) is 3. The molecule has 3 N–H and O–H groups in total. The van der Waals surface area contributed by atoms with E-state index < -0.39 is 35.1 Å². The molecule has 7 aliphatic rings. The van der Waals surface area contributed by atoms with E-state index in [0.29, 0.717) is 18.6 Å². The molecule has 3 aliphatic heterocycles. The van der Waals surface area contributed by atoms with Crippen LogP contribution >= 0.6 is 0 Å². The lowest BCUT2D eigenvalue weighted by Gasteiger charge is -2.77. The van der Waals surface area contributed by atoms with Gasteiger partial charge >= 0.3 is 0 Å². The molecule has 4 aliphatic carbocycles. The van der Waals surface area contributed by atoms with Gasteiger partial charge in [0, 0.05) is 17.3 Å². The second-order valence-electron chi connectivity index (χ2n) is 9.90. The first-order chi connectivity index (χ1) is 12.2. The van der Waals surface area contributed by atoms with E-state index in [2.05, 4.69) is 13.5 Å². The molecule has 0 aromatic carbocycles. The predicted octanol–water partition coefficient (Wildman–Crippen LogP) is 0.741. The van der Waals surface area contributed by atoms with Crippen molar-refractivity contribution in [3.63, 3.8) is 0 Å². The number of rotatable bonds is 0. The fraction of sp³-hybridized carbons (Fsp3) is 0.850. The van der Waals surface area contributed by atoms with Gasteiger partial charge < -0.3 is 24.8 Å². The summed E-state index contributed by atoms with van der Waals surface area (Å²) in [5.41, 5.74) is -1.94. The molecule has 0 aromatic heterocycles. The largest absolute Gasteiger partial charge is 0.391 e. The number of aliphatic hydroxyl groups excluding tert-OH is 2. The highest BCUT2D eigenvalue weighted by atomic mass is 16.8. The van der Waals surface area contributed by atoms with Crippen molar-refractivity contribution in [1.82, 2.24) is 0 Å². The molecular weight excluding hydrogens is 336 g/mol. The molecule has 3 saturated heterocycles. The molecule has 7 fully saturated rings. The zero-order valence-electron chi connectivity index (χ0n) is 15.0. The summed E-state index contributed by atoms with van der Waals surface area (Å²) < 4.78 is 12.1. The number of fused-ring (bicyclic) bond motifs is 1. The van der Waals surface area contributed by atoms with Gasteiger partial charge in [-0.2, -0.15) is 0 Å². The smallest absolute Gasteiger partial charge is 0.211 e. The molecule has 0 amide bonds. The van der Waals surface area contributed by atoms with Crippen molar-refractivity contribution in [1.29, 1.82) is 0 Å². The van der Waals surface area contributed by atoms with Crippen molar-refractivity contribution in [3.05, 3.63) is 12.2 Å². The molecule has 0 radical (unpaired) electrons. The van der Waals surface area contributed by atoms with Crippen LogP contribution in [-0.4, -0.2) is 52.0 Å². The van der Waals surface area contributed by atoms with E-state index in [-0.39, 0.29) is 29.0 Å². The predicted molar refractivity (Wildman–Crippen MR) is 88.5 cm³/mol. The molecule has 6 heteroatoms. The van der Waals surface area contributed by atoms with Crippen LogP contribution in [0.3, 0.4) is 0 Å². The van der Waals surface area contributed by atoms with Crippen LogP contribution in [0.1, 0.15) is 39.0 Å². The highest BCUT2D eigenvalue weighted by Crippen LogP contribution is 2.79. The molecule has 142 valence electrons. The number of ketones is 1. The molecule has 26 heavy (non-hydrogen) atoms. The van der Waals surface area contributed by atoms with E-state index in [1.807, 2.05) is 0 Å². The Morgan fingerprint density at radius 3 is 2.73 bits per heavy atom. The monoisotopic (exact) mass is 362 g/mol. The highest BCUT2D eigenvalue weighted by molar-refractivity contribution is 6.05. The topological polar surface area (TPSA) is 96.2 Å². The van der Waals surface area contributed by atoms with Crippen molar-refractivity contribution < 1.29 is 29.6 Å². The lowest BCUT2D eigenvalue weighted by Crippen LogP contribution is -2.87. The van der Waals surface area contributed by atoms with E-state index >= 15 is 0 Å². The Morgan fingerprint density at radius 1 is 1.19 bits per heavy atom. The zero-order valence-corrected chi connectivity index (χ0v) is 15.0. The lowest BCUT2D eigenvalue weighted by molar-refractivity contribution is -0.522. The summed E-state index contributed by atoms with van der Waals surface area (Å²) in [6.07, 6.45) is 1.18. The first kappa shape index (κ1) is 16.2. The normalized spacial score (nSPS) is 65.2.